The van der Waals surface area contributed by atoms with E-state index >= 15 is 0 Å². The first-order valence-electron chi connectivity index (χ1n) is 7.54. The van der Waals surface area contributed by atoms with E-state index in [0.717, 1.165) is 24.4 Å². The molecule has 0 aromatic carbocycles. The molecule has 0 unspecified atom stereocenters. The number of ether oxygens (including phenoxy) is 1. The number of hydrogen-bond acceptors (Lipinski definition) is 2. The Bertz CT molecular complexity index is 237. The first-order chi connectivity index (χ1) is 9.13. The zero-order valence-electron chi connectivity index (χ0n) is 12.0. The molecule has 0 spiro atoms. The maximum absolute atomic E-state index is 8.56. The van der Waals surface area contributed by atoms with Crippen LogP contribution in [0.2, 0.25) is 0 Å². The third-order valence-electron chi connectivity index (χ3n) is 4.61. The van der Waals surface area contributed by atoms with Gasteiger partial charge in [-0.05, 0) is 43.4 Å². The summed E-state index contributed by atoms with van der Waals surface area (Å²) < 4.78 is 5.26. The molecule has 2 aliphatic carbocycles. The van der Waals surface area contributed by atoms with Crippen molar-refractivity contribution >= 4 is 6.16 Å². The average Bonchev–Trinajstić information content (AvgIpc) is 2.40. The fourth-order valence-corrected chi connectivity index (χ4v) is 3.67. The Morgan fingerprint density at radius 2 is 1.42 bits per heavy atom. The first-order valence-corrected chi connectivity index (χ1v) is 7.54. The highest BCUT2D eigenvalue weighted by Gasteiger charge is 2.28. The molecule has 0 heterocycles. The van der Waals surface area contributed by atoms with Gasteiger partial charge >= 0.3 is 6.16 Å². The van der Waals surface area contributed by atoms with E-state index in [4.69, 9.17) is 19.7 Å². The molecule has 2 saturated carbocycles. The van der Waals surface area contributed by atoms with E-state index < -0.39 is 6.16 Å². The van der Waals surface area contributed by atoms with E-state index in [1.54, 1.807) is 0 Å². The lowest BCUT2D eigenvalue weighted by Crippen LogP contribution is -2.25. The summed E-state index contributed by atoms with van der Waals surface area (Å²) in [6.07, 6.45) is 11.5. The van der Waals surface area contributed by atoms with Gasteiger partial charge in [-0.2, -0.15) is 0 Å². The Morgan fingerprint density at radius 3 is 1.89 bits per heavy atom. The van der Waals surface area contributed by atoms with Crippen LogP contribution in [-0.4, -0.2) is 30.1 Å². The van der Waals surface area contributed by atoms with Crippen molar-refractivity contribution in [2.24, 2.45) is 17.8 Å². The average molecular weight is 272 g/mol. The van der Waals surface area contributed by atoms with Crippen molar-refractivity contribution in [1.82, 2.24) is 0 Å². The fraction of sp³-hybridized carbons (Fsp3) is 0.933. The number of methoxy groups -OCH3 is 1. The smallest absolute Gasteiger partial charge is 0.450 e. The van der Waals surface area contributed by atoms with Crippen molar-refractivity contribution in [1.29, 1.82) is 0 Å². The molecule has 2 aliphatic rings. The van der Waals surface area contributed by atoms with Gasteiger partial charge in [0.2, 0.25) is 0 Å². The molecule has 0 saturated heterocycles. The van der Waals surface area contributed by atoms with Crippen molar-refractivity contribution < 1.29 is 19.7 Å². The predicted molar refractivity (Wildman–Crippen MR) is 74.6 cm³/mol. The van der Waals surface area contributed by atoms with Gasteiger partial charge in [0.15, 0.2) is 0 Å². The summed E-state index contributed by atoms with van der Waals surface area (Å²) in [4.78, 5) is 8.56. The molecule has 0 amide bonds. The summed E-state index contributed by atoms with van der Waals surface area (Å²) >= 11 is 0. The monoisotopic (exact) mass is 272 g/mol. The van der Waals surface area contributed by atoms with E-state index in [1.165, 1.54) is 57.8 Å². The zero-order valence-corrected chi connectivity index (χ0v) is 12.0. The lowest BCUT2D eigenvalue weighted by molar-refractivity contribution is 0.0985. The fourth-order valence-electron chi connectivity index (χ4n) is 3.67. The summed E-state index contributed by atoms with van der Waals surface area (Å²) in [7, 11) is 1.84. The second-order valence-electron chi connectivity index (χ2n) is 5.92. The lowest BCUT2D eigenvalue weighted by atomic mass is 9.71. The second-order valence-corrected chi connectivity index (χ2v) is 5.92. The van der Waals surface area contributed by atoms with Crippen LogP contribution in [0.4, 0.5) is 4.79 Å². The van der Waals surface area contributed by atoms with Crippen molar-refractivity contribution in [3.8, 4) is 0 Å². The van der Waals surface area contributed by atoms with Gasteiger partial charge in [0, 0.05) is 13.7 Å². The van der Waals surface area contributed by atoms with Crippen LogP contribution >= 0.6 is 0 Å². The highest BCUT2D eigenvalue weighted by atomic mass is 16.6. The van der Waals surface area contributed by atoms with Crippen LogP contribution in [0.15, 0.2) is 0 Å². The van der Waals surface area contributed by atoms with Crippen LogP contribution < -0.4 is 0 Å². The van der Waals surface area contributed by atoms with Crippen molar-refractivity contribution in [3.05, 3.63) is 0 Å². The topological polar surface area (TPSA) is 66.8 Å². The maximum Gasteiger partial charge on any atom is 0.503 e. The third kappa shape index (κ3) is 6.81. The van der Waals surface area contributed by atoms with Crippen LogP contribution in [0.5, 0.6) is 0 Å². The summed E-state index contributed by atoms with van der Waals surface area (Å²) in [5.74, 6) is 3.02. The molecule has 2 fully saturated rings. The van der Waals surface area contributed by atoms with Crippen LogP contribution in [0.1, 0.15) is 57.8 Å². The van der Waals surface area contributed by atoms with E-state index in [-0.39, 0.29) is 0 Å². The summed E-state index contributed by atoms with van der Waals surface area (Å²) in [6.45, 7) is 0.997. The van der Waals surface area contributed by atoms with Crippen LogP contribution in [0, 0.1) is 17.8 Å². The molecule has 0 aromatic rings. The van der Waals surface area contributed by atoms with Gasteiger partial charge in [0.05, 0.1) is 0 Å². The molecule has 0 aromatic heterocycles. The Labute approximate surface area is 116 Å². The Morgan fingerprint density at radius 1 is 0.947 bits per heavy atom. The van der Waals surface area contributed by atoms with E-state index in [1.807, 2.05) is 7.11 Å². The summed E-state index contributed by atoms with van der Waals surface area (Å²) in [5.41, 5.74) is 0. The van der Waals surface area contributed by atoms with Crippen LogP contribution in [0.25, 0.3) is 0 Å². The second kappa shape index (κ2) is 9.18. The minimum Gasteiger partial charge on any atom is -0.450 e. The summed E-state index contributed by atoms with van der Waals surface area (Å²) in [5, 5.41) is 13.9. The maximum atomic E-state index is 8.56. The molecular formula is C15H28O4. The number of carboxylic acid groups (broad SMARTS) is 2. The number of rotatable bonds is 3. The molecule has 2 N–H and O–H groups in total. The standard InChI is InChI=1S/C14H26O.CH2O3/c1-15-11-12-7-9-14(10-8-12)13-5-3-2-4-6-13;2-1(3)4/h12-14H,2-11H2,1H3;(H2,2,3,4). The minimum atomic E-state index is -1.83. The van der Waals surface area contributed by atoms with Crippen molar-refractivity contribution in [2.45, 2.75) is 57.8 Å². The Balaban J connectivity index is 0.000000399. The van der Waals surface area contributed by atoms with Crippen molar-refractivity contribution in [3.63, 3.8) is 0 Å². The van der Waals surface area contributed by atoms with Crippen LogP contribution in [0.3, 0.4) is 0 Å². The molecule has 19 heavy (non-hydrogen) atoms. The molecule has 0 bridgehead atoms. The van der Waals surface area contributed by atoms with Gasteiger partial charge in [0.25, 0.3) is 0 Å². The van der Waals surface area contributed by atoms with Crippen molar-refractivity contribution in [2.75, 3.05) is 13.7 Å². The lowest BCUT2D eigenvalue weighted by Gasteiger charge is -2.35. The molecule has 4 nitrogen and oxygen atoms in total. The molecule has 0 radical (unpaired) electrons. The summed E-state index contributed by atoms with van der Waals surface area (Å²) in [6, 6.07) is 0. The van der Waals surface area contributed by atoms with E-state index in [0.29, 0.717) is 0 Å². The quantitative estimate of drug-likeness (QED) is 0.806. The van der Waals surface area contributed by atoms with Gasteiger partial charge in [-0.25, -0.2) is 4.79 Å². The number of hydrogen-bond donors (Lipinski definition) is 2. The number of carbonyl (C=O) groups is 1. The molecule has 0 aliphatic heterocycles. The largest absolute Gasteiger partial charge is 0.503 e. The van der Waals surface area contributed by atoms with Crippen LogP contribution in [-0.2, 0) is 4.74 Å². The predicted octanol–water partition coefficient (Wildman–Crippen LogP) is 4.24. The zero-order chi connectivity index (χ0) is 14.1. The molecule has 4 heteroatoms. The SMILES string of the molecule is COCC1CCC(C2CCCCC2)CC1.O=C(O)O. The Kier molecular flexibility index (Phi) is 7.87. The van der Waals surface area contributed by atoms with Gasteiger partial charge in [-0.1, -0.05) is 32.1 Å². The first kappa shape index (κ1) is 16.3. The van der Waals surface area contributed by atoms with Gasteiger partial charge in [-0.15, -0.1) is 0 Å². The van der Waals surface area contributed by atoms with Gasteiger partial charge in [0.1, 0.15) is 0 Å². The minimum absolute atomic E-state index is 0.870. The molecule has 112 valence electrons. The van der Waals surface area contributed by atoms with E-state index in [2.05, 4.69) is 0 Å². The van der Waals surface area contributed by atoms with E-state index in [9.17, 15) is 0 Å². The van der Waals surface area contributed by atoms with Gasteiger partial charge in [-0.3, -0.25) is 0 Å². The van der Waals surface area contributed by atoms with Gasteiger partial charge < -0.3 is 14.9 Å². The molecule has 2 rings (SSSR count). The molecular weight excluding hydrogens is 244 g/mol. The normalized spacial score (nSPS) is 28.3. The third-order valence-corrected chi connectivity index (χ3v) is 4.61. The molecule has 0 atom stereocenters. The highest BCUT2D eigenvalue weighted by Crippen LogP contribution is 2.39. The highest BCUT2D eigenvalue weighted by molar-refractivity contribution is 5.53. The Hall–Kier alpha value is -0.770.